The molecule has 1 saturated carbocycles. The number of halogens is 3. The monoisotopic (exact) mass is 317 g/mol. The van der Waals surface area contributed by atoms with Gasteiger partial charge in [-0.05, 0) is 30.5 Å². The van der Waals surface area contributed by atoms with Gasteiger partial charge in [-0.25, -0.2) is 0 Å². The normalized spacial score (nSPS) is 16.0. The number of carboxylic acid groups (broad SMARTS) is 1. The van der Waals surface area contributed by atoms with E-state index in [2.05, 4.69) is 10.1 Å². The Hall–Kier alpha value is -2.25. The molecule has 0 unspecified atom stereocenters. The van der Waals surface area contributed by atoms with E-state index in [-0.39, 0.29) is 12.3 Å². The fourth-order valence-electron chi connectivity index (χ4n) is 1.88. The molecule has 0 aliphatic heterocycles. The molecule has 0 saturated heterocycles. The zero-order chi connectivity index (χ0) is 16.4. The number of carbonyl (C=O) groups excluding carboxylic acids is 1. The van der Waals surface area contributed by atoms with E-state index in [4.69, 9.17) is 5.11 Å². The molecule has 1 aliphatic carbocycles. The van der Waals surface area contributed by atoms with E-state index in [1.807, 2.05) is 0 Å². The number of carboxylic acids is 1. The first-order valence-corrected chi connectivity index (χ1v) is 6.53. The van der Waals surface area contributed by atoms with Crippen LogP contribution in [0.2, 0.25) is 0 Å². The van der Waals surface area contributed by atoms with Crippen molar-refractivity contribution in [1.82, 2.24) is 5.32 Å². The molecule has 1 aliphatic rings. The summed E-state index contributed by atoms with van der Waals surface area (Å²) in [6.45, 7) is -1.27. The first-order valence-electron chi connectivity index (χ1n) is 6.53. The highest BCUT2D eigenvalue weighted by molar-refractivity contribution is 6.04. The summed E-state index contributed by atoms with van der Waals surface area (Å²) in [4.78, 5) is 22.7. The third-order valence-corrected chi connectivity index (χ3v) is 3.37. The van der Waals surface area contributed by atoms with E-state index in [9.17, 15) is 22.8 Å². The van der Waals surface area contributed by atoms with Gasteiger partial charge in [-0.1, -0.05) is 12.1 Å². The van der Waals surface area contributed by atoms with Gasteiger partial charge in [0.1, 0.15) is 11.2 Å². The van der Waals surface area contributed by atoms with Gasteiger partial charge in [0, 0.05) is 6.54 Å². The molecule has 1 aromatic carbocycles. The summed E-state index contributed by atoms with van der Waals surface area (Å²) in [6, 6.07) is 5.73. The van der Waals surface area contributed by atoms with Gasteiger partial charge >= 0.3 is 12.1 Å². The van der Waals surface area contributed by atoms with Crippen LogP contribution in [0.3, 0.4) is 0 Å². The number of hydrogen-bond donors (Lipinski definition) is 2. The maximum Gasteiger partial charge on any atom is 0.422 e. The van der Waals surface area contributed by atoms with Crippen LogP contribution in [-0.4, -0.2) is 29.8 Å². The maximum absolute atomic E-state index is 12.0. The highest BCUT2D eigenvalue weighted by Crippen LogP contribution is 2.46. The van der Waals surface area contributed by atoms with Gasteiger partial charge in [-0.3, -0.25) is 9.59 Å². The first-order chi connectivity index (χ1) is 10.2. The molecule has 2 rings (SSSR count). The number of rotatable bonds is 6. The number of hydrogen-bond acceptors (Lipinski definition) is 3. The fraction of sp³-hybridized carbons (Fsp3) is 0.429. The standard InChI is InChI=1S/C14H14F3NO4/c15-14(16,17)8-22-10-3-1-9(2-4-10)7-18-11(19)13(5-6-13)12(20)21/h1-4H,5-8H2,(H,18,19)(H,20,21). The van der Waals surface area contributed by atoms with E-state index in [0.29, 0.717) is 18.4 Å². The Labute approximate surface area is 124 Å². The lowest BCUT2D eigenvalue weighted by Crippen LogP contribution is -2.36. The Morgan fingerprint density at radius 3 is 2.27 bits per heavy atom. The Bertz CT molecular complexity index is 564. The lowest BCUT2D eigenvalue weighted by Gasteiger charge is -2.12. The third kappa shape index (κ3) is 3.90. The summed E-state index contributed by atoms with van der Waals surface area (Å²) in [6.07, 6.45) is -3.77. The minimum Gasteiger partial charge on any atom is -0.484 e. The number of alkyl halides is 3. The zero-order valence-electron chi connectivity index (χ0n) is 11.4. The number of nitrogens with one attached hydrogen (secondary N) is 1. The number of benzene rings is 1. The van der Waals surface area contributed by atoms with Crippen molar-refractivity contribution >= 4 is 11.9 Å². The smallest absolute Gasteiger partial charge is 0.422 e. The van der Waals surface area contributed by atoms with Gasteiger partial charge in [0.15, 0.2) is 6.61 Å². The molecule has 22 heavy (non-hydrogen) atoms. The molecule has 0 radical (unpaired) electrons. The number of ether oxygens (including phenoxy) is 1. The average molecular weight is 317 g/mol. The van der Waals surface area contributed by atoms with Crippen LogP contribution in [0, 0.1) is 5.41 Å². The van der Waals surface area contributed by atoms with Crippen molar-refractivity contribution in [2.45, 2.75) is 25.6 Å². The molecular formula is C14H14F3NO4. The van der Waals surface area contributed by atoms with Crippen molar-refractivity contribution < 1.29 is 32.6 Å². The molecule has 0 spiro atoms. The largest absolute Gasteiger partial charge is 0.484 e. The van der Waals surface area contributed by atoms with Crippen LogP contribution in [-0.2, 0) is 16.1 Å². The molecule has 1 aromatic rings. The Morgan fingerprint density at radius 2 is 1.82 bits per heavy atom. The van der Waals surface area contributed by atoms with Crippen molar-refractivity contribution in [3.63, 3.8) is 0 Å². The van der Waals surface area contributed by atoms with Crippen LogP contribution >= 0.6 is 0 Å². The lowest BCUT2D eigenvalue weighted by molar-refractivity contribution is -0.153. The molecule has 8 heteroatoms. The average Bonchev–Trinajstić information content (AvgIpc) is 3.24. The Morgan fingerprint density at radius 1 is 1.23 bits per heavy atom. The molecule has 2 N–H and O–H groups in total. The van der Waals surface area contributed by atoms with E-state index in [1.54, 1.807) is 0 Å². The molecule has 1 fully saturated rings. The number of aliphatic carboxylic acids is 1. The number of amides is 1. The van der Waals surface area contributed by atoms with Gasteiger partial charge in [0.05, 0.1) is 0 Å². The van der Waals surface area contributed by atoms with E-state index in [0.717, 1.165) is 0 Å². The maximum atomic E-state index is 12.0. The minimum absolute atomic E-state index is 0.0663. The fourth-order valence-corrected chi connectivity index (χ4v) is 1.88. The van der Waals surface area contributed by atoms with Gasteiger partial charge < -0.3 is 15.2 Å². The van der Waals surface area contributed by atoms with Gasteiger partial charge in [0.25, 0.3) is 0 Å². The molecule has 120 valence electrons. The second kappa shape index (κ2) is 5.86. The van der Waals surface area contributed by atoms with Crippen LogP contribution in [0.1, 0.15) is 18.4 Å². The second-order valence-corrected chi connectivity index (χ2v) is 5.12. The van der Waals surface area contributed by atoms with E-state index in [1.165, 1.54) is 24.3 Å². The molecule has 0 atom stereocenters. The second-order valence-electron chi connectivity index (χ2n) is 5.12. The molecule has 0 heterocycles. The quantitative estimate of drug-likeness (QED) is 0.788. The van der Waals surface area contributed by atoms with Crippen molar-refractivity contribution in [3.05, 3.63) is 29.8 Å². The zero-order valence-corrected chi connectivity index (χ0v) is 11.4. The highest BCUT2D eigenvalue weighted by Gasteiger charge is 2.56. The highest BCUT2D eigenvalue weighted by atomic mass is 19.4. The summed E-state index contributed by atoms with van der Waals surface area (Å²) in [5.74, 6) is -1.62. The van der Waals surface area contributed by atoms with Crippen LogP contribution in [0.4, 0.5) is 13.2 Å². The van der Waals surface area contributed by atoms with Crippen molar-refractivity contribution in [1.29, 1.82) is 0 Å². The van der Waals surface area contributed by atoms with Gasteiger partial charge in [-0.15, -0.1) is 0 Å². The van der Waals surface area contributed by atoms with Crippen LogP contribution < -0.4 is 10.1 Å². The molecule has 0 bridgehead atoms. The van der Waals surface area contributed by atoms with Crippen LogP contribution in [0.25, 0.3) is 0 Å². The van der Waals surface area contributed by atoms with E-state index < -0.39 is 30.1 Å². The Balaban J connectivity index is 1.84. The van der Waals surface area contributed by atoms with Crippen LogP contribution in [0.15, 0.2) is 24.3 Å². The molecule has 5 nitrogen and oxygen atoms in total. The lowest BCUT2D eigenvalue weighted by atomic mass is 10.1. The van der Waals surface area contributed by atoms with Crippen LogP contribution in [0.5, 0.6) is 5.75 Å². The Kier molecular flexibility index (Phi) is 4.30. The summed E-state index contributed by atoms with van der Waals surface area (Å²) < 4.78 is 40.5. The van der Waals surface area contributed by atoms with Crippen molar-refractivity contribution in [2.24, 2.45) is 5.41 Å². The van der Waals surface area contributed by atoms with E-state index >= 15 is 0 Å². The molecule has 0 aromatic heterocycles. The van der Waals surface area contributed by atoms with Gasteiger partial charge in [0.2, 0.25) is 5.91 Å². The third-order valence-electron chi connectivity index (χ3n) is 3.37. The summed E-state index contributed by atoms with van der Waals surface area (Å²) in [5, 5.41) is 11.5. The number of carbonyl (C=O) groups is 2. The predicted octanol–water partition coefficient (Wildman–Crippen LogP) is 2.11. The van der Waals surface area contributed by atoms with Gasteiger partial charge in [-0.2, -0.15) is 13.2 Å². The predicted molar refractivity (Wildman–Crippen MR) is 69.1 cm³/mol. The first kappa shape index (κ1) is 16.1. The van der Waals surface area contributed by atoms with Crippen molar-refractivity contribution in [3.8, 4) is 5.75 Å². The minimum atomic E-state index is -4.40. The summed E-state index contributed by atoms with van der Waals surface area (Å²) in [7, 11) is 0. The summed E-state index contributed by atoms with van der Waals surface area (Å²) in [5.41, 5.74) is -0.677. The molecular weight excluding hydrogens is 303 g/mol. The SMILES string of the molecule is O=C(O)C1(C(=O)NCc2ccc(OCC(F)(F)F)cc2)CC1. The summed E-state index contributed by atoms with van der Waals surface area (Å²) >= 11 is 0. The topological polar surface area (TPSA) is 75.6 Å². The molecule has 1 amide bonds. The van der Waals surface area contributed by atoms with Crippen molar-refractivity contribution in [2.75, 3.05) is 6.61 Å².